The van der Waals surface area contributed by atoms with Gasteiger partial charge in [-0.1, -0.05) is 18.2 Å². The van der Waals surface area contributed by atoms with Gasteiger partial charge in [-0.2, -0.15) is 0 Å². The number of unbranched alkanes of at least 4 members (excludes halogenated alkanes) is 1. The Morgan fingerprint density at radius 2 is 1.82 bits per heavy atom. The Morgan fingerprint density at radius 3 is 2.64 bits per heavy atom. The van der Waals surface area contributed by atoms with Crippen LogP contribution in [-0.2, 0) is 6.42 Å². The van der Waals surface area contributed by atoms with E-state index in [4.69, 9.17) is 4.74 Å². The van der Waals surface area contributed by atoms with E-state index in [0.29, 0.717) is 17.5 Å². The van der Waals surface area contributed by atoms with Crippen LogP contribution < -0.4 is 15.7 Å². The number of rotatable bonds is 10. The maximum atomic E-state index is 12.3. The molecule has 7 heteroatoms. The van der Waals surface area contributed by atoms with Crippen molar-refractivity contribution in [2.24, 2.45) is 0 Å². The van der Waals surface area contributed by atoms with Crippen molar-refractivity contribution in [3.8, 4) is 5.75 Å². The van der Waals surface area contributed by atoms with Gasteiger partial charge in [0.1, 0.15) is 5.75 Å². The largest absolute Gasteiger partial charge is 0.496 e. The molecule has 0 bridgehead atoms. The molecule has 150 valence electrons. The quantitative estimate of drug-likeness (QED) is 0.357. The number of nitrogens with one attached hydrogen (secondary N) is 3. The number of Topliss-reactive ketones (excluding diaryl/α,β-unsaturated/α-hetero) is 1. The molecule has 0 unspecified atom stereocenters. The highest BCUT2D eigenvalue weighted by Crippen LogP contribution is 2.17. The van der Waals surface area contributed by atoms with Crippen LogP contribution in [0.25, 0.3) is 11.0 Å². The first-order valence-corrected chi connectivity index (χ1v) is 9.25. The predicted molar refractivity (Wildman–Crippen MR) is 114 cm³/mol. The van der Waals surface area contributed by atoms with Gasteiger partial charge in [0.25, 0.3) is 0 Å². The maximum Gasteiger partial charge on any atom is 0.323 e. The van der Waals surface area contributed by atoms with E-state index in [1.54, 1.807) is 25.3 Å². The number of aromatic nitrogens is 2. The molecule has 28 heavy (non-hydrogen) atoms. The number of imidazole rings is 1. The summed E-state index contributed by atoms with van der Waals surface area (Å²) in [5.41, 5.74) is 2.97. The summed E-state index contributed by atoms with van der Waals surface area (Å²) in [5, 5.41) is 3.41. The third kappa shape index (κ3) is 5.71. The van der Waals surface area contributed by atoms with E-state index in [1.807, 2.05) is 18.2 Å². The van der Waals surface area contributed by atoms with E-state index >= 15 is 0 Å². The number of methoxy groups -OCH3 is 1. The number of carbonyl (C=O) groups excluding carboxylic acids is 1. The lowest BCUT2D eigenvalue weighted by Crippen LogP contribution is -2.19. The van der Waals surface area contributed by atoms with Gasteiger partial charge in [-0.05, 0) is 62.2 Å². The number of benzene rings is 2. The molecule has 0 aliphatic rings. The number of aromatic amines is 2. The first-order chi connectivity index (χ1) is 13.2. The smallest absolute Gasteiger partial charge is 0.323 e. The van der Waals surface area contributed by atoms with Crippen LogP contribution in [0.15, 0.2) is 47.3 Å². The van der Waals surface area contributed by atoms with Gasteiger partial charge in [-0.3, -0.25) is 4.79 Å². The lowest BCUT2D eigenvalue weighted by molar-refractivity contribution is 0.0979. The normalized spacial score (nSPS) is 10.6. The fraction of sp³-hybridized carbons (Fsp3) is 0.333. The van der Waals surface area contributed by atoms with Gasteiger partial charge in [-0.15, -0.1) is 12.4 Å². The van der Waals surface area contributed by atoms with Crippen molar-refractivity contribution in [2.45, 2.75) is 25.7 Å². The number of halogens is 1. The van der Waals surface area contributed by atoms with Crippen LogP contribution in [0.3, 0.4) is 0 Å². The van der Waals surface area contributed by atoms with Crippen LogP contribution in [0.1, 0.15) is 35.2 Å². The van der Waals surface area contributed by atoms with Gasteiger partial charge in [0, 0.05) is 12.0 Å². The zero-order valence-corrected chi connectivity index (χ0v) is 16.7. The van der Waals surface area contributed by atoms with Crippen LogP contribution in [-0.4, -0.2) is 36.0 Å². The fourth-order valence-corrected chi connectivity index (χ4v) is 3.14. The van der Waals surface area contributed by atoms with Crippen molar-refractivity contribution in [1.82, 2.24) is 15.3 Å². The highest BCUT2D eigenvalue weighted by atomic mass is 35.5. The SMILES string of the molecule is COc1ccccc1CCNCCCCC(=O)c1ccc2[nH]c(=O)[nH]c2c1.Cl. The van der Waals surface area contributed by atoms with Crippen molar-refractivity contribution in [1.29, 1.82) is 0 Å². The van der Waals surface area contributed by atoms with E-state index < -0.39 is 0 Å². The lowest BCUT2D eigenvalue weighted by Gasteiger charge is -2.09. The Balaban J connectivity index is 0.00000280. The summed E-state index contributed by atoms with van der Waals surface area (Å²) < 4.78 is 5.35. The molecule has 0 radical (unpaired) electrons. The Morgan fingerprint density at radius 1 is 1.04 bits per heavy atom. The van der Waals surface area contributed by atoms with Gasteiger partial charge in [0.05, 0.1) is 18.1 Å². The predicted octanol–water partition coefficient (Wildman–Crippen LogP) is 3.47. The number of fused-ring (bicyclic) bond motifs is 1. The highest BCUT2D eigenvalue weighted by Gasteiger charge is 2.08. The molecule has 0 aliphatic heterocycles. The molecule has 0 saturated carbocycles. The number of para-hydroxylation sites is 1. The molecular formula is C21H26ClN3O3. The third-order valence-electron chi connectivity index (χ3n) is 4.61. The van der Waals surface area contributed by atoms with E-state index in [0.717, 1.165) is 43.6 Å². The Kier molecular flexibility index (Phi) is 8.29. The first-order valence-electron chi connectivity index (χ1n) is 9.25. The zero-order valence-electron chi connectivity index (χ0n) is 15.9. The van der Waals surface area contributed by atoms with Gasteiger partial charge >= 0.3 is 5.69 Å². The van der Waals surface area contributed by atoms with E-state index in [1.165, 1.54) is 5.56 Å². The molecule has 3 N–H and O–H groups in total. The number of ketones is 1. The minimum Gasteiger partial charge on any atom is -0.496 e. The summed E-state index contributed by atoms with van der Waals surface area (Å²) in [6.45, 7) is 1.76. The van der Waals surface area contributed by atoms with E-state index in [-0.39, 0.29) is 23.9 Å². The Bertz CT molecular complexity index is 965. The lowest BCUT2D eigenvalue weighted by atomic mass is 10.0. The monoisotopic (exact) mass is 403 g/mol. The summed E-state index contributed by atoms with van der Waals surface area (Å²) in [5.74, 6) is 1.03. The minimum atomic E-state index is -0.256. The van der Waals surface area contributed by atoms with Crippen molar-refractivity contribution in [3.05, 3.63) is 64.1 Å². The number of hydrogen-bond acceptors (Lipinski definition) is 4. The van der Waals surface area contributed by atoms with Crippen molar-refractivity contribution in [2.75, 3.05) is 20.2 Å². The number of ether oxygens (including phenoxy) is 1. The second-order valence-electron chi connectivity index (χ2n) is 6.53. The molecule has 0 fully saturated rings. The molecule has 0 aliphatic carbocycles. The summed E-state index contributed by atoms with van der Waals surface area (Å²) in [6, 6.07) is 13.3. The number of carbonyl (C=O) groups is 1. The second-order valence-corrected chi connectivity index (χ2v) is 6.53. The molecule has 6 nitrogen and oxygen atoms in total. The fourth-order valence-electron chi connectivity index (χ4n) is 3.14. The molecule has 0 atom stereocenters. The first kappa shape index (κ1) is 21.7. The zero-order chi connectivity index (χ0) is 19.1. The average Bonchev–Trinajstić information content (AvgIpc) is 3.06. The van der Waals surface area contributed by atoms with Crippen LogP contribution in [0.4, 0.5) is 0 Å². The van der Waals surface area contributed by atoms with Gasteiger partial charge in [-0.25, -0.2) is 4.79 Å². The van der Waals surface area contributed by atoms with Crippen LogP contribution in [0, 0.1) is 0 Å². The molecule has 1 heterocycles. The Labute approximate surface area is 170 Å². The molecule has 3 aromatic rings. The number of H-pyrrole nitrogens is 2. The molecule has 2 aromatic carbocycles. The van der Waals surface area contributed by atoms with Crippen molar-refractivity contribution >= 4 is 29.2 Å². The van der Waals surface area contributed by atoms with E-state index in [9.17, 15) is 9.59 Å². The van der Waals surface area contributed by atoms with Crippen molar-refractivity contribution < 1.29 is 9.53 Å². The molecule has 0 amide bonds. The summed E-state index contributed by atoms with van der Waals surface area (Å²) in [4.78, 5) is 28.9. The van der Waals surface area contributed by atoms with Crippen LogP contribution in [0.2, 0.25) is 0 Å². The molecule has 0 saturated heterocycles. The van der Waals surface area contributed by atoms with Gasteiger partial charge in [0.15, 0.2) is 5.78 Å². The standard InChI is InChI=1S/C21H25N3O3.ClH/c1-27-20-8-3-2-6-15(20)11-13-22-12-5-4-7-19(25)16-9-10-17-18(14-16)24-21(26)23-17;/h2-3,6,8-10,14,22H,4-5,7,11-13H2,1H3,(H2,23,24,26);1H. The van der Waals surface area contributed by atoms with Gasteiger partial charge in [0.2, 0.25) is 0 Å². The third-order valence-corrected chi connectivity index (χ3v) is 4.61. The summed E-state index contributed by atoms with van der Waals surface area (Å²) in [7, 11) is 1.69. The van der Waals surface area contributed by atoms with Crippen molar-refractivity contribution in [3.63, 3.8) is 0 Å². The Hall–Kier alpha value is -2.57. The molecule has 0 spiro atoms. The van der Waals surface area contributed by atoms with Crippen LogP contribution in [0.5, 0.6) is 5.75 Å². The van der Waals surface area contributed by atoms with Gasteiger partial charge < -0.3 is 20.0 Å². The molecule has 1 aromatic heterocycles. The topological polar surface area (TPSA) is 87.0 Å². The molecule has 3 rings (SSSR count). The van der Waals surface area contributed by atoms with Crippen LogP contribution >= 0.6 is 12.4 Å². The summed E-state index contributed by atoms with van der Waals surface area (Å²) in [6.07, 6.45) is 3.20. The highest BCUT2D eigenvalue weighted by molar-refractivity contribution is 5.98. The maximum absolute atomic E-state index is 12.3. The molecular weight excluding hydrogens is 378 g/mol. The number of hydrogen-bond donors (Lipinski definition) is 3. The van der Waals surface area contributed by atoms with E-state index in [2.05, 4.69) is 21.4 Å². The average molecular weight is 404 g/mol. The second kappa shape index (κ2) is 10.7. The summed E-state index contributed by atoms with van der Waals surface area (Å²) >= 11 is 0. The minimum absolute atomic E-state index is 0.